The maximum absolute atomic E-state index is 13.4. The number of ketones is 1. The molecule has 0 unspecified atom stereocenters. The van der Waals surface area contributed by atoms with E-state index in [1.54, 1.807) is 32.2 Å². The van der Waals surface area contributed by atoms with Crippen molar-refractivity contribution in [2.45, 2.75) is 33.2 Å². The van der Waals surface area contributed by atoms with Gasteiger partial charge in [-0.05, 0) is 55.2 Å². The van der Waals surface area contributed by atoms with Crippen LogP contribution in [0.4, 0.5) is 5.13 Å². The Labute approximate surface area is 212 Å². The van der Waals surface area contributed by atoms with Gasteiger partial charge in [0.1, 0.15) is 16.4 Å². The summed E-state index contributed by atoms with van der Waals surface area (Å²) >= 11 is 0.965. The fourth-order valence-corrected chi connectivity index (χ4v) is 5.24. The van der Waals surface area contributed by atoms with Gasteiger partial charge in [0.2, 0.25) is 0 Å². The van der Waals surface area contributed by atoms with Crippen molar-refractivity contribution in [3.8, 4) is 5.75 Å². The Hall–Kier alpha value is -3.98. The van der Waals surface area contributed by atoms with Crippen LogP contribution in [0.2, 0.25) is 0 Å². The number of carbonyl (C=O) groups is 3. The third-order valence-corrected chi connectivity index (χ3v) is 7.32. The number of nitrogens with zero attached hydrogens (tertiary/aromatic N) is 2. The number of anilines is 1. The highest BCUT2D eigenvalue weighted by Gasteiger charge is 2.48. The van der Waals surface area contributed by atoms with E-state index >= 15 is 0 Å². The first-order chi connectivity index (χ1) is 17.2. The molecule has 1 aliphatic heterocycles. The molecule has 8 nitrogen and oxygen atoms in total. The number of benzene rings is 2. The molecule has 1 aliphatic rings. The number of Topliss-reactive ketones (excluding diaryl/α,β-unsaturated/α-hetero) is 1. The monoisotopic (exact) mass is 506 g/mol. The van der Waals surface area contributed by atoms with Gasteiger partial charge in [0.05, 0.1) is 31.5 Å². The third-order valence-electron chi connectivity index (χ3n) is 6.18. The van der Waals surface area contributed by atoms with E-state index in [9.17, 15) is 19.5 Å². The quantitative estimate of drug-likeness (QED) is 0.223. The number of aliphatic hydroxyl groups is 1. The summed E-state index contributed by atoms with van der Waals surface area (Å²) in [6.07, 6.45) is 0.819. The molecule has 3 aromatic rings. The molecule has 186 valence electrons. The SMILES string of the molecule is CCc1ccc([C@H]2C(=C(O)c3ccc(OC)c(C)c3)C(=O)C(=O)N2c2nc(C)c(C(=O)OC)s2)cc1. The van der Waals surface area contributed by atoms with E-state index in [1.807, 2.05) is 38.1 Å². The maximum Gasteiger partial charge on any atom is 0.350 e. The van der Waals surface area contributed by atoms with Crippen LogP contribution in [0.15, 0.2) is 48.0 Å². The molecule has 0 saturated carbocycles. The van der Waals surface area contributed by atoms with Crippen molar-refractivity contribution in [2.75, 3.05) is 19.1 Å². The van der Waals surface area contributed by atoms with Crippen LogP contribution in [0.1, 0.15) is 50.6 Å². The van der Waals surface area contributed by atoms with Gasteiger partial charge in [-0.25, -0.2) is 9.78 Å². The zero-order valence-electron chi connectivity index (χ0n) is 20.6. The minimum absolute atomic E-state index is 0.0544. The van der Waals surface area contributed by atoms with Crippen LogP contribution in [0.25, 0.3) is 5.76 Å². The molecule has 1 aromatic heterocycles. The van der Waals surface area contributed by atoms with Gasteiger partial charge in [0.15, 0.2) is 5.13 Å². The van der Waals surface area contributed by atoms with Gasteiger partial charge in [-0.15, -0.1) is 0 Å². The first kappa shape index (κ1) is 25.1. The van der Waals surface area contributed by atoms with Crippen molar-refractivity contribution < 1.29 is 29.0 Å². The lowest BCUT2D eigenvalue weighted by atomic mass is 9.94. The van der Waals surface area contributed by atoms with Gasteiger partial charge >= 0.3 is 11.9 Å². The fraction of sp³-hybridized carbons (Fsp3) is 0.259. The predicted octanol–water partition coefficient (Wildman–Crippen LogP) is 4.74. The number of hydrogen-bond acceptors (Lipinski definition) is 8. The van der Waals surface area contributed by atoms with Crippen molar-refractivity contribution in [3.63, 3.8) is 0 Å². The van der Waals surface area contributed by atoms with Gasteiger partial charge in [-0.1, -0.05) is 42.5 Å². The number of thiazole rings is 1. The number of aryl methyl sites for hydroxylation is 3. The van der Waals surface area contributed by atoms with Gasteiger partial charge in [0, 0.05) is 5.56 Å². The summed E-state index contributed by atoms with van der Waals surface area (Å²) in [5.41, 5.74) is 3.19. The molecule has 2 heterocycles. The molecule has 0 radical (unpaired) electrons. The summed E-state index contributed by atoms with van der Waals surface area (Å²) in [4.78, 5) is 44.8. The average molecular weight is 507 g/mol. The molecule has 0 bridgehead atoms. The number of aromatic nitrogens is 1. The molecule has 1 fully saturated rings. The summed E-state index contributed by atoms with van der Waals surface area (Å²) in [7, 11) is 2.81. The van der Waals surface area contributed by atoms with Crippen LogP contribution in [0.5, 0.6) is 5.75 Å². The molecule has 1 N–H and O–H groups in total. The fourth-order valence-electron chi connectivity index (χ4n) is 4.23. The molecule has 1 amide bonds. The predicted molar refractivity (Wildman–Crippen MR) is 137 cm³/mol. The second kappa shape index (κ2) is 9.94. The number of amides is 1. The third kappa shape index (κ3) is 4.26. The molecule has 36 heavy (non-hydrogen) atoms. The Balaban J connectivity index is 1.93. The van der Waals surface area contributed by atoms with Crippen molar-refractivity contribution >= 4 is 39.9 Å². The molecule has 0 aliphatic carbocycles. The normalized spacial score (nSPS) is 16.9. The Morgan fingerprint density at radius 1 is 1.11 bits per heavy atom. The van der Waals surface area contributed by atoms with Crippen molar-refractivity contribution in [3.05, 3.63) is 80.9 Å². The Kier molecular flexibility index (Phi) is 6.94. The molecule has 1 atom stereocenters. The smallest absolute Gasteiger partial charge is 0.350 e. The summed E-state index contributed by atoms with van der Waals surface area (Å²) in [6, 6.07) is 11.6. The zero-order chi connectivity index (χ0) is 26.1. The summed E-state index contributed by atoms with van der Waals surface area (Å²) < 4.78 is 10.1. The summed E-state index contributed by atoms with van der Waals surface area (Å²) in [5.74, 6) is -1.92. The molecular formula is C27H26N2O6S. The Morgan fingerprint density at radius 3 is 2.39 bits per heavy atom. The summed E-state index contributed by atoms with van der Waals surface area (Å²) in [5, 5.41) is 11.5. The minimum atomic E-state index is -0.936. The first-order valence-electron chi connectivity index (χ1n) is 11.3. The maximum atomic E-state index is 13.4. The number of rotatable bonds is 6. The molecule has 1 saturated heterocycles. The molecule has 0 spiro atoms. The van der Waals surface area contributed by atoms with E-state index in [0.29, 0.717) is 22.6 Å². The largest absolute Gasteiger partial charge is 0.507 e. The van der Waals surface area contributed by atoms with Crippen LogP contribution < -0.4 is 9.64 Å². The van der Waals surface area contributed by atoms with E-state index in [0.717, 1.165) is 28.9 Å². The highest BCUT2D eigenvalue weighted by molar-refractivity contribution is 7.17. The van der Waals surface area contributed by atoms with Crippen LogP contribution in [0, 0.1) is 13.8 Å². The van der Waals surface area contributed by atoms with Gasteiger partial charge in [0.25, 0.3) is 5.78 Å². The lowest BCUT2D eigenvalue weighted by molar-refractivity contribution is -0.132. The van der Waals surface area contributed by atoms with E-state index < -0.39 is 23.7 Å². The van der Waals surface area contributed by atoms with E-state index in [-0.39, 0.29) is 21.3 Å². The number of methoxy groups -OCH3 is 2. The van der Waals surface area contributed by atoms with Crippen molar-refractivity contribution in [2.24, 2.45) is 0 Å². The highest BCUT2D eigenvalue weighted by atomic mass is 32.1. The number of ether oxygens (including phenoxy) is 2. The van der Waals surface area contributed by atoms with Crippen molar-refractivity contribution in [1.82, 2.24) is 4.98 Å². The zero-order valence-corrected chi connectivity index (χ0v) is 21.4. The Morgan fingerprint density at radius 2 is 1.81 bits per heavy atom. The minimum Gasteiger partial charge on any atom is -0.507 e. The van der Waals surface area contributed by atoms with Crippen LogP contribution in [-0.2, 0) is 20.7 Å². The second-order valence-corrected chi connectivity index (χ2v) is 9.33. The first-order valence-corrected chi connectivity index (χ1v) is 12.1. The lowest BCUT2D eigenvalue weighted by Crippen LogP contribution is -2.29. The average Bonchev–Trinajstić information content (AvgIpc) is 3.39. The van der Waals surface area contributed by atoms with Crippen LogP contribution in [-0.4, -0.2) is 42.0 Å². The number of aliphatic hydroxyl groups excluding tert-OH is 1. The lowest BCUT2D eigenvalue weighted by Gasteiger charge is -2.23. The van der Waals surface area contributed by atoms with Gasteiger partial charge in [-0.2, -0.15) is 0 Å². The molecule has 4 rings (SSSR count). The van der Waals surface area contributed by atoms with Crippen molar-refractivity contribution in [1.29, 1.82) is 0 Å². The van der Waals surface area contributed by atoms with Gasteiger partial charge < -0.3 is 14.6 Å². The second-order valence-electron chi connectivity index (χ2n) is 8.35. The summed E-state index contributed by atoms with van der Waals surface area (Å²) in [6.45, 7) is 5.48. The molecular weight excluding hydrogens is 480 g/mol. The number of carbonyl (C=O) groups excluding carboxylic acids is 3. The van der Waals surface area contributed by atoms with Crippen LogP contribution >= 0.6 is 11.3 Å². The van der Waals surface area contributed by atoms with Crippen LogP contribution in [0.3, 0.4) is 0 Å². The molecule has 9 heteroatoms. The Bertz CT molecular complexity index is 1390. The van der Waals surface area contributed by atoms with E-state index in [4.69, 9.17) is 9.47 Å². The van der Waals surface area contributed by atoms with Gasteiger partial charge in [-0.3, -0.25) is 14.5 Å². The highest BCUT2D eigenvalue weighted by Crippen LogP contribution is 2.44. The van der Waals surface area contributed by atoms with E-state index in [1.165, 1.54) is 12.0 Å². The standard InChI is InChI=1S/C27H26N2O6S/c1-6-16-7-9-17(10-8-16)21-20(22(30)18-11-12-19(34-4)14(2)13-18)23(31)25(32)29(21)27-28-15(3)24(36-27)26(33)35-5/h7-13,21,30H,6H2,1-5H3/t21-/m0/s1. The molecule has 2 aromatic carbocycles. The van der Waals surface area contributed by atoms with E-state index in [2.05, 4.69) is 4.98 Å². The topological polar surface area (TPSA) is 106 Å². The number of hydrogen-bond donors (Lipinski definition) is 1. The number of esters is 1.